The van der Waals surface area contributed by atoms with Gasteiger partial charge in [0.2, 0.25) is 0 Å². The van der Waals surface area contributed by atoms with E-state index < -0.39 is 10.8 Å². The van der Waals surface area contributed by atoms with Gasteiger partial charge in [-0.1, -0.05) is 6.07 Å². The van der Waals surface area contributed by atoms with Crippen LogP contribution in [0.4, 0.5) is 5.69 Å². The van der Waals surface area contributed by atoms with E-state index in [9.17, 15) is 4.21 Å². The molecule has 0 bridgehead atoms. The van der Waals surface area contributed by atoms with E-state index in [-0.39, 0.29) is 5.94 Å². The highest BCUT2D eigenvalue weighted by Crippen LogP contribution is 2.10. The van der Waals surface area contributed by atoms with Crippen LogP contribution in [0, 0.1) is 0 Å². The van der Waals surface area contributed by atoms with Crippen molar-refractivity contribution < 1.29 is 8.95 Å². The number of rotatable bonds is 3. The van der Waals surface area contributed by atoms with Crippen LogP contribution in [0.15, 0.2) is 29.2 Å². The zero-order chi connectivity index (χ0) is 8.97. The van der Waals surface area contributed by atoms with Crippen molar-refractivity contribution in [2.75, 3.05) is 18.8 Å². The number of nitrogen functional groups attached to an aromatic ring is 1. The van der Waals surface area contributed by atoms with Crippen molar-refractivity contribution in [2.45, 2.75) is 4.90 Å². The third-order valence-electron chi connectivity index (χ3n) is 1.35. The minimum Gasteiger partial charge on any atom is -0.399 e. The van der Waals surface area contributed by atoms with Gasteiger partial charge in [-0.2, -0.15) is 0 Å². The summed E-state index contributed by atoms with van der Waals surface area (Å²) in [6.45, 7) is 0. The Labute approximate surface area is 74.0 Å². The lowest BCUT2D eigenvalue weighted by molar-refractivity contribution is 0.254. The highest BCUT2D eigenvalue weighted by atomic mass is 32.2. The van der Waals surface area contributed by atoms with E-state index in [4.69, 9.17) is 10.5 Å². The van der Waals surface area contributed by atoms with E-state index in [1.54, 1.807) is 24.3 Å². The normalized spacial score (nSPS) is 12.8. The molecule has 4 heteroatoms. The molecule has 1 unspecified atom stereocenters. The average molecular weight is 185 g/mol. The molecule has 12 heavy (non-hydrogen) atoms. The molecular formula is C8H11NO2S. The Hall–Kier alpha value is -0.870. The molecule has 1 aromatic rings. The van der Waals surface area contributed by atoms with Gasteiger partial charge in [-0.25, -0.2) is 0 Å². The molecule has 0 aromatic heterocycles. The van der Waals surface area contributed by atoms with Crippen molar-refractivity contribution in [2.24, 2.45) is 0 Å². The summed E-state index contributed by atoms with van der Waals surface area (Å²) in [5, 5.41) is 0. The summed E-state index contributed by atoms with van der Waals surface area (Å²) in [6, 6.07) is 6.99. The van der Waals surface area contributed by atoms with Gasteiger partial charge in [0.1, 0.15) is 5.94 Å². The van der Waals surface area contributed by atoms with Crippen LogP contribution in [-0.4, -0.2) is 17.3 Å². The fourth-order valence-corrected chi connectivity index (χ4v) is 1.68. The average Bonchev–Trinajstić information content (AvgIpc) is 2.05. The van der Waals surface area contributed by atoms with Crippen molar-refractivity contribution in [1.29, 1.82) is 0 Å². The molecule has 1 atom stereocenters. The first-order valence-electron chi connectivity index (χ1n) is 3.47. The van der Waals surface area contributed by atoms with Crippen molar-refractivity contribution in [3.8, 4) is 0 Å². The van der Waals surface area contributed by atoms with E-state index in [2.05, 4.69) is 0 Å². The van der Waals surface area contributed by atoms with Crippen LogP contribution in [0.3, 0.4) is 0 Å². The molecule has 0 saturated carbocycles. The van der Waals surface area contributed by atoms with Crippen LogP contribution in [0.5, 0.6) is 0 Å². The SMILES string of the molecule is COCS(=O)c1cccc(N)c1. The molecule has 3 nitrogen and oxygen atoms in total. The van der Waals surface area contributed by atoms with Crippen molar-refractivity contribution in [3.05, 3.63) is 24.3 Å². The quantitative estimate of drug-likeness (QED) is 0.714. The molecule has 0 spiro atoms. The van der Waals surface area contributed by atoms with Gasteiger partial charge in [-0.3, -0.25) is 4.21 Å². The Balaban J connectivity index is 2.81. The minimum atomic E-state index is -1.10. The van der Waals surface area contributed by atoms with Gasteiger partial charge in [-0.15, -0.1) is 0 Å². The lowest BCUT2D eigenvalue weighted by Gasteiger charge is -2.00. The topological polar surface area (TPSA) is 52.3 Å². The Morgan fingerprint density at radius 2 is 2.33 bits per heavy atom. The van der Waals surface area contributed by atoms with Crippen LogP contribution in [0.1, 0.15) is 0 Å². The summed E-state index contributed by atoms with van der Waals surface area (Å²) in [6.07, 6.45) is 0. The number of methoxy groups -OCH3 is 1. The molecule has 0 fully saturated rings. The van der Waals surface area contributed by atoms with Gasteiger partial charge in [0, 0.05) is 17.7 Å². The summed E-state index contributed by atoms with van der Waals surface area (Å²) < 4.78 is 16.1. The van der Waals surface area contributed by atoms with E-state index >= 15 is 0 Å². The minimum absolute atomic E-state index is 0.212. The first-order chi connectivity index (χ1) is 5.74. The van der Waals surface area contributed by atoms with Gasteiger partial charge >= 0.3 is 0 Å². The fraction of sp³-hybridized carbons (Fsp3) is 0.250. The molecule has 2 N–H and O–H groups in total. The van der Waals surface area contributed by atoms with Gasteiger partial charge in [0.25, 0.3) is 0 Å². The number of ether oxygens (including phenoxy) is 1. The number of benzene rings is 1. The Kier molecular flexibility index (Phi) is 3.25. The summed E-state index contributed by atoms with van der Waals surface area (Å²) in [5.74, 6) is 0.212. The molecule has 0 amide bonds. The monoisotopic (exact) mass is 185 g/mol. The van der Waals surface area contributed by atoms with Crippen LogP contribution in [-0.2, 0) is 15.5 Å². The Morgan fingerprint density at radius 1 is 1.58 bits per heavy atom. The molecule has 0 aliphatic heterocycles. The summed E-state index contributed by atoms with van der Waals surface area (Å²) in [7, 11) is 0.422. The van der Waals surface area contributed by atoms with Gasteiger partial charge in [-0.05, 0) is 18.2 Å². The largest absolute Gasteiger partial charge is 0.399 e. The van der Waals surface area contributed by atoms with Gasteiger partial charge in [0.15, 0.2) is 0 Å². The predicted molar refractivity (Wildman–Crippen MR) is 49.1 cm³/mol. The zero-order valence-electron chi connectivity index (χ0n) is 6.82. The van der Waals surface area contributed by atoms with Crippen LogP contribution in [0.25, 0.3) is 0 Å². The van der Waals surface area contributed by atoms with Crippen LogP contribution < -0.4 is 5.73 Å². The maximum atomic E-state index is 11.3. The van der Waals surface area contributed by atoms with Gasteiger partial charge in [0.05, 0.1) is 10.8 Å². The maximum Gasteiger partial charge on any atom is 0.126 e. The highest BCUT2D eigenvalue weighted by molar-refractivity contribution is 7.84. The Bertz CT molecular complexity index is 288. The predicted octanol–water partition coefficient (Wildman–Crippen LogP) is 0.980. The third-order valence-corrected chi connectivity index (χ3v) is 2.58. The summed E-state index contributed by atoms with van der Waals surface area (Å²) >= 11 is 0. The second-order valence-corrected chi connectivity index (χ2v) is 3.72. The van der Waals surface area contributed by atoms with Crippen LogP contribution >= 0.6 is 0 Å². The second-order valence-electron chi connectivity index (χ2n) is 2.32. The molecule has 0 aliphatic rings. The lowest BCUT2D eigenvalue weighted by Crippen LogP contribution is -2.00. The van der Waals surface area contributed by atoms with Gasteiger partial charge < -0.3 is 10.5 Å². The van der Waals surface area contributed by atoms with Crippen LogP contribution in [0.2, 0.25) is 0 Å². The number of hydrogen-bond acceptors (Lipinski definition) is 3. The molecule has 0 saturated heterocycles. The van der Waals surface area contributed by atoms with Crippen molar-refractivity contribution in [3.63, 3.8) is 0 Å². The summed E-state index contributed by atoms with van der Waals surface area (Å²) in [4.78, 5) is 0.705. The first kappa shape index (κ1) is 9.22. The number of nitrogens with two attached hydrogens (primary N) is 1. The number of anilines is 1. The maximum absolute atomic E-state index is 11.3. The standard InChI is InChI=1S/C8H11NO2S/c1-11-6-12(10)8-4-2-3-7(9)5-8/h2-5H,6,9H2,1H3. The Morgan fingerprint density at radius 3 is 2.92 bits per heavy atom. The van der Waals surface area contributed by atoms with Crippen molar-refractivity contribution in [1.82, 2.24) is 0 Å². The van der Waals surface area contributed by atoms with E-state index in [1.807, 2.05) is 0 Å². The first-order valence-corrected chi connectivity index (χ1v) is 4.79. The van der Waals surface area contributed by atoms with Crippen molar-refractivity contribution >= 4 is 16.5 Å². The molecule has 0 radical (unpaired) electrons. The third kappa shape index (κ3) is 2.32. The zero-order valence-corrected chi connectivity index (χ0v) is 7.64. The molecule has 0 aliphatic carbocycles. The molecule has 0 heterocycles. The molecule has 66 valence electrons. The molecular weight excluding hydrogens is 174 g/mol. The van der Waals surface area contributed by atoms with E-state index in [1.165, 1.54) is 7.11 Å². The molecule has 1 rings (SSSR count). The molecule has 1 aromatic carbocycles. The highest BCUT2D eigenvalue weighted by Gasteiger charge is 2.01. The number of hydrogen-bond donors (Lipinski definition) is 1. The van der Waals surface area contributed by atoms with E-state index in [0.29, 0.717) is 10.6 Å². The fourth-order valence-electron chi connectivity index (χ4n) is 0.831. The summed E-state index contributed by atoms with van der Waals surface area (Å²) in [5.41, 5.74) is 6.14. The lowest BCUT2D eigenvalue weighted by atomic mass is 10.3. The van der Waals surface area contributed by atoms with E-state index in [0.717, 1.165) is 0 Å². The second kappa shape index (κ2) is 4.23. The smallest absolute Gasteiger partial charge is 0.126 e.